The monoisotopic (exact) mass is 374 g/mol. The molecule has 0 unspecified atom stereocenters. The summed E-state index contributed by atoms with van der Waals surface area (Å²) in [4.78, 5) is 0. The molecule has 0 bridgehead atoms. The van der Waals surface area contributed by atoms with E-state index in [0.717, 1.165) is 36.8 Å². The van der Waals surface area contributed by atoms with Gasteiger partial charge in [0.1, 0.15) is 11.5 Å². The highest BCUT2D eigenvalue weighted by Crippen LogP contribution is 2.49. The third-order valence-electron chi connectivity index (χ3n) is 6.87. The Morgan fingerprint density at radius 3 is 1.89 bits per heavy atom. The predicted molar refractivity (Wildman–Crippen MR) is 116 cm³/mol. The Balaban J connectivity index is 1.68. The van der Waals surface area contributed by atoms with Crippen molar-refractivity contribution in [1.29, 1.82) is 0 Å². The van der Waals surface area contributed by atoms with Crippen LogP contribution in [0.4, 0.5) is 0 Å². The number of phenolic OH excluding ortho intramolecular Hbond substituents is 2. The molecule has 2 rings (SSSR count). The first kappa shape index (κ1) is 22.1. The van der Waals surface area contributed by atoms with Gasteiger partial charge < -0.3 is 10.2 Å². The van der Waals surface area contributed by atoms with Gasteiger partial charge in [-0.2, -0.15) is 0 Å². The maximum absolute atomic E-state index is 10.3. The third-order valence-corrected chi connectivity index (χ3v) is 6.87. The van der Waals surface area contributed by atoms with E-state index in [-0.39, 0.29) is 0 Å². The van der Waals surface area contributed by atoms with E-state index in [9.17, 15) is 10.2 Å². The second kappa shape index (κ2) is 9.85. The summed E-state index contributed by atoms with van der Waals surface area (Å²) in [6, 6.07) is 3.60. The Labute approximate surface area is 167 Å². The van der Waals surface area contributed by atoms with E-state index in [0.29, 0.717) is 22.3 Å². The van der Waals surface area contributed by atoms with Gasteiger partial charge in [0, 0.05) is 0 Å². The van der Waals surface area contributed by atoms with Gasteiger partial charge in [-0.3, -0.25) is 0 Å². The molecule has 1 aromatic carbocycles. The van der Waals surface area contributed by atoms with Crippen LogP contribution in [0.1, 0.15) is 109 Å². The van der Waals surface area contributed by atoms with Gasteiger partial charge in [-0.25, -0.2) is 0 Å². The van der Waals surface area contributed by atoms with Crippen LogP contribution in [0.15, 0.2) is 12.1 Å². The first-order valence-corrected chi connectivity index (χ1v) is 11.3. The van der Waals surface area contributed by atoms with E-state index in [1.54, 1.807) is 12.1 Å². The normalized spacial score (nSPS) is 15.9. The molecule has 2 nitrogen and oxygen atoms in total. The van der Waals surface area contributed by atoms with Crippen molar-refractivity contribution in [1.82, 2.24) is 0 Å². The predicted octanol–water partition coefficient (Wildman–Crippen LogP) is 7.54. The molecule has 1 fully saturated rings. The zero-order valence-electron chi connectivity index (χ0n) is 18.2. The second-order valence-electron chi connectivity index (χ2n) is 10.1. The molecule has 2 heteroatoms. The van der Waals surface area contributed by atoms with Gasteiger partial charge >= 0.3 is 0 Å². The molecule has 2 N–H and O–H groups in total. The lowest BCUT2D eigenvalue weighted by molar-refractivity contribution is 0.307. The average molecular weight is 375 g/mol. The number of aromatic hydroxyl groups is 2. The quantitative estimate of drug-likeness (QED) is 0.276. The molecule has 1 aromatic rings. The Morgan fingerprint density at radius 2 is 1.37 bits per heavy atom. The number of benzene rings is 1. The van der Waals surface area contributed by atoms with Gasteiger partial charge in [0.2, 0.25) is 0 Å². The fourth-order valence-electron chi connectivity index (χ4n) is 3.84. The molecule has 0 atom stereocenters. The zero-order valence-corrected chi connectivity index (χ0v) is 18.2. The summed E-state index contributed by atoms with van der Waals surface area (Å²) in [6.45, 7) is 9.34. The van der Waals surface area contributed by atoms with E-state index < -0.39 is 0 Å². The number of phenols is 2. The van der Waals surface area contributed by atoms with Crippen molar-refractivity contribution in [2.75, 3.05) is 0 Å². The van der Waals surface area contributed by atoms with E-state index in [2.05, 4.69) is 27.7 Å². The molecule has 0 radical (unpaired) electrons. The van der Waals surface area contributed by atoms with Crippen molar-refractivity contribution in [3.63, 3.8) is 0 Å². The Morgan fingerprint density at radius 1 is 0.852 bits per heavy atom. The van der Waals surface area contributed by atoms with Crippen molar-refractivity contribution >= 4 is 0 Å². The lowest BCUT2D eigenvalue weighted by Crippen LogP contribution is -2.08. The molecule has 27 heavy (non-hydrogen) atoms. The van der Waals surface area contributed by atoms with Crippen molar-refractivity contribution in [2.45, 2.75) is 111 Å². The first-order chi connectivity index (χ1) is 12.7. The maximum Gasteiger partial charge on any atom is 0.119 e. The minimum Gasteiger partial charge on any atom is -0.508 e. The number of aryl methyl sites for hydroxylation is 2. The molecule has 1 aliphatic carbocycles. The van der Waals surface area contributed by atoms with Crippen LogP contribution in [0.2, 0.25) is 0 Å². The van der Waals surface area contributed by atoms with Crippen LogP contribution in [-0.4, -0.2) is 10.2 Å². The van der Waals surface area contributed by atoms with Gasteiger partial charge in [-0.05, 0) is 85.5 Å². The fraction of sp³-hybridized carbons (Fsp3) is 0.760. The van der Waals surface area contributed by atoms with Gasteiger partial charge in [0.05, 0.1) is 0 Å². The highest BCUT2D eigenvalue weighted by Gasteiger charge is 2.35. The molecule has 0 aromatic heterocycles. The number of hydrogen-bond donors (Lipinski definition) is 2. The summed E-state index contributed by atoms with van der Waals surface area (Å²) >= 11 is 0. The zero-order chi connectivity index (χ0) is 19.9. The van der Waals surface area contributed by atoms with Crippen LogP contribution in [-0.2, 0) is 12.8 Å². The molecular weight excluding hydrogens is 332 g/mol. The molecule has 0 aliphatic heterocycles. The van der Waals surface area contributed by atoms with Crippen LogP contribution >= 0.6 is 0 Å². The second-order valence-corrected chi connectivity index (χ2v) is 10.1. The molecule has 154 valence electrons. The minimum absolute atomic E-state index is 0.365. The smallest absolute Gasteiger partial charge is 0.119 e. The standard InChI is InChI=1S/C25H42O2/c1-5-24(2,3)14-10-7-6-8-12-20-18-23(27)21(19-22(20)26)13-9-11-15-25(4)16-17-25/h18-19,26-27H,5-17H2,1-4H3. The average Bonchev–Trinajstić information content (AvgIpc) is 3.35. The summed E-state index contributed by atoms with van der Waals surface area (Å²) in [5.41, 5.74) is 2.88. The molecule has 0 saturated heterocycles. The van der Waals surface area contributed by atoms with E-state index in [1.807, 2.05) is 0 Å². The number of rotatable bonds is 13. The van der Waals surface area contributed by atoms with E-state index >= 15 is 0 Å². The Hall–Kier alpha value is -1.18. The fourth-order valence-corrected chi connectivity index (χ4v) is 3.84. The van der Waals surface area contributed by atoms with Crippen LogP contribution in [0.25, 0.3) is 0 Å². The van der Waals surface area contributed by atoms with Crippen LogP contribution in [0.5, 0.6) is 11.5 Å². The SMILES string of the molecule is CCC(C)(C)CCCCCCc1cc(O)c(CCCCC2(C)CC2)cc1O. The molecule has 0 spiro atoms. The summed E-state index contributed by atoms with van der Waals surface area (Å²) in [5, 5.41) is 20.7. The van der Waals surface area contributed by atoms with Crippen molar-refractivity contribution in [2.24, 2.45) is 10.8 Å². The summed E-state index contributed by atoms with van der Waals surface area (Å²) in [5.74, 6) is 0.731. The van der Waals surface area contributed by atoms with Gasteiger partial charge in [0.25, 0.3) is 0 Å². The molecular formula is C25H42O2. The number of hydrogen-bond acceptors (Lipinski definition) is 2. The Kier molecular flexibility index (Phi) is 8.06. The van der Waals surface area contributed by atoms with E-state index in [4.69, 9.17) is 0 Å². The summed E-state index contributed by atoms with van der Waals surface area (Å²) in [6.07, 6.45) is 15.4. The van der Waals surface area contributed by atoms with Crippen LogP contribution < -0.4 is 0 Å². The molecule has 0 heterocycles. The number of unbranched alkanes of at least 4 members (excludes halogenated alkanes) is 4. The lowest BCUT2D eigenvalue weighted by atomic mass is 9.84. The van der Waals surface area contributed by atoms with Crippen molar-refractivity contribution in [3.8, 4) is 11.5 Å². The van der Waals surface area contributed by atoms with Gasteiger partial charge in [-0.15, -0.1) is 0 Å². The van der Waals surface area contributed by atoms with Crippen LogP contribution in [0, 0.1) is 10.8 Å². The maximum atomic E-state index is 10.3. The summed E-state index contributed by atoms with van der Waals surface area (Å²) in [7, 11) is 0. The lowest BCUT2D eigenvalue weighted by Gasteiger charge is -2.22. The van der Waals surface area contributed by atoms with Gasteiger partial charge in [0.15, 0.2) is 0 Å². The first-order valence-electron chi connectivity index (χ1n) is 11.3. The summed E-state index contributed by atoms with van der Waals surface area (Å²) < 4.78 is 0. The Bertz CT molecular complexity index is 584. The highest BCUT2D eigenvalue weighted by atomic mass is 16.3. The highest BCUT2D eigenvalue weighted by molar-refractivity contribution is 5.45. The van der Waals surface area contributed by atoms with Gasteiger partial charge in [-0.1, -0.05) is 59.8 Å². The van der Waals surface area contributed by atoms with Crippen molar-refractivity contribution < 1.29 is 10.2 Å². The third kappa shape index (κ3) is 7.76. The minimum atomic E-state index is 0.365. The van der Waals surface area contributed by atoms with Crippen LogP contribution in [0.3, 0.4) is 0 Å². The molecule has 0 amide bonds. The molecule has 1 aliphatic rings. The largest absolute Gasteiger partial charge is 0.508 e. The molecule has 1 saturated carbocycles. The topological polar surface area (TPSA) is 40.5 Å². The van der Waals surface area contributed by atoms with E-state index in [1.165, 1.54) is 57.8 Å². The van der Waals surface area contributed by atoms with Crippen molar-refractivity contribution in [3.05, 3.63) is 23.3 Å².